The fraction of sp³-hybridized carbons (Fsp3) is 0.100. The Morgan fingerprint density at radius 2 is 2.03 bits per heavy atom. The van der Waals surface area contributed by atoms with Crippen molar-refractivity contribution in [3.63, 3.8) is 0 Å². The normalized spacial score (nSPS) is 16.2. The first-order valence-corrected chi connectivity index (χ1v) is 9.81. The van der Waals surface area contributed by atoms with Crippen LogP contribution in [0.4, 0.5) is 8.78 Å². The minimum Gasteiger partial charge on any atom is -0.488 e. The summed E-state index contributed by atoms with van der Waals surface area (Å²) in [4.78, 5) is 23.2. The SMILES string of the molecule is COC(=O)/C=C1/S/C(=N\N=Cc2cc(Cl)ccc2OCc2ccc(F)c(F)c2)NC1=O. The van der Waals surface area contributed by atoms with E-state index in [-0.39, 0.29) is 16.7 Å². The zero-order chi connectivity index (χ0) is 22.4. The van der Waals surface area contributed by atoms with Gasteiger partial charge in [0.1, 0.15) is 12.4 Å². The van der Waals surface area contributed by atoms with Gasteiger partial charge in [-0.05, 0) is 47.7 Å². The molecule has 11 heteroatoms. The highest BCUT2D eigenvalue weighted by Crippen LogP contribution is 2.25. The first-order chi connectivity index (χ1) is 14.9. The predicted molar refractivity (Wildman–Crippen MR) is 113 cm³/mol. The van der Waals surface area contributed by atoms with E-state index in [1.165, 1.54) is 19.4 Å². The smallest absolute Gasteiger partial charge is 0.331 e. The Hall–Kier alpha value is -3.24. The summed E-state index contributed by atoms with van der Waals surface area (Å²) in [7, 11) is 1.20. The molecule has 7 nitrogen and oxygen atoms in total. The van der Waals surface area contributed by atoms with Gasteiger partial charge >= 0.3 is 5.97 Å². The van der Waals surface area contributed by atoms with Gasteiger partial charge in [0, 0.05) is 16.7 Å². The van der Waals surface area contributed by atoms with Crippen LogP contribution in [0, 0.1) is 11.6 Å². The molecule has 0 radical (unpaired) electrons. The van der Waals surface area contributed by atoms with Crippen molar-refractivity contribution in [2.45, 2.75) is 6.61 Å². The van der Waals surface area contributed by atoms with E-state index in [2.05, 4.69) is 20.3 Å². The Morgan fingerprint density at radius 1 is 1.23 bits per heavy atom. The molecule has 3 rings (SSSR count). The van der Waals surface area contributed by atoms with Gasteiger partial charge in [-0.25, -0.2) is 13.6 Å². The summed E-state index contributed by atoms with van der Waals surface area (Å²) in [5.41, 5.74) is 0.908. The van der Waals surface area contributed by atoms with E-state index in [1.807, 2.05) is 0 Å². The lowest BCUT2D eigenvalue weighted by molar-refractivity contribution is -0.135. The molecular formula is C20H14ClF2N3O4S. The molecular weight excluding hydrogens is 452 g/mol. The lowest BCUT2D eigenvalue weighted by Gasteiger charge is -2.09. The highest BCUT2D eigenvalue weighted by Gasteiger charge is 2.25. The van der Waals surface area contributed by atoms with Gasteiger partial charge < -0.3 is 9.47 Å². The lowest BCUT2D eigenvalue weighted by atomic mass is 10.2. The summed E-state index contributed by atoms with van der Waals surface area (Å²) in [6.45, 7) is -0.0121. The number of amidine groups is 1. The summed E-state index contributed by atoms with van der Waals surface area (Å²) in [6, 6.07) is 8.25. The second-order valence-corrected chi connectivity index (χ2v) is 7.42. The largest absolute Gasteiger partial charge is 0.488 e. The third-order valence-corrected chi connectivity index (χ3v) is 4.93. The Morgan fingerprint density at radius 3 is 2.77 bits per heavy atom. The number of thioether (sulfide) groups is 1. The molecule has 0 unspecified atom stereocenters. The summed E-state index contributed by atoms with van der Waals surface area (Å²) in [5, 5.41) is 10.9. The minimum atomic E-state index is -0.966. The molecule has 0 aliphatic carbocycles. The Bertz CT molecular complexity index is 1120. The maximum Gasteiger partial charge on any atom is 0.331 e. The molecule has 31 heavy (non-hydrogen) atoms. The number of amides is 1. The quantitative estimate of drug-likeness (QED) is 0.303. The van der Waals surface area contributed by atoms with Crippen LogP contribution in [-0.2, 0) is 20.9 Å². The van der Waals surface area contributed by atoms with Gasteiger partial charge in [-0.2, -0.15) is 5.10 Å². The average molecular weight is 466 g/mol. The Balaban J connectivity index is 1.72. The highest BCUT2D eigenvalue weighted by molar-refractivity contribution is 8.18. The number of hydrogen-bond donors (Lipinski definition) is 1. The van der Waals surface area contributed by atoms with Crippen LogP contribution in [-0.4, -0.2) is 30.4 Å². The fourth-order valence-electron chi connectivity index (χ4n) is 2.33. The lowest BCUT2D eigenvalue weighted by Crippen LogP contribution is -2.19. The molecule has 0 atom stereocenters. The number of benzene rings is 2. The first kappa shape index (κ1) is 22.4. The van der Waals surface area contributed by atoms with Crippen LogP contribution < -0.4 is 10.1 Å². The topological polar surface area (TPSA) is 89.3 Å². The molecule has 2 aromatic rings. The van der Waals surface area contributed by atoms with Gasteiger partial charge in [0.2, 0.25) is 0 Å². The van der Waals surface area contributed by atoms with Crippen molar-refractivity contribution < 1.29 is 27.8 Å². The Labute approximate surface area is 184 Å². The second-order valence-electron chi connectivity index (χ2n) is 5.96. The molecule has 1 fully saturated rings. The number of rotatable bonds is 6. The van der Waals surface area contributed by atoms with Gasteiger partial charge in [-0.3, -0.25) is 10.1 Å². The van der Waals surface area contributed by atoms with Gasteiger partial charge in [-0.15, -0.1) is 5.10 Å². The van der Waals surface area contributed by atoms with Crippen LogP contribution in [0.3, 0.4) is 0 Å². The van der Waals surface area contributed by atoms with Crippen LogP contribution in [0.25, 0.3) is 0 Å². The van der Waals surface area contributed by atoms with Crippen molar-refractivity contribution >= 4 is 46.6 Å². The zero-order valence-corrected chi connectivity index (χ0v) is 17.5. The molecule has 0 saturated carbocycles. The number of carbonyl (C=O) groups is 2. The number of halogens is 3. The molecule has 1 aliphatic heterocycles. The van der Waals surface area contributed by atoms with Crippen LogP contribution in [0.5, 0.6) is 5.75 Å². The molecule has 1 heterocycles. The number of hydrogen-bond acceptors (Lipinski definition) is 7. The summed E-state index contributed by atoms with van der Waals surface area (Å²) in [5.74, 6) is -2.69. The number of nitrogens with zero attached hydrogens (tertiary/aromatic N) is 2. The maximum atomic E-state index is 13.4. The van der Waals surface area contributed by atoms with Crippen molar-refractivity contribution in [3.05, 3.63) is 75.2 Å². The molecule has 0 bridgehead atoms. The van der Waals surface area contributed by atoms with Crippen LogP contribution in [0.15, 0.2) is 57.6 Å². The van der Waals surface area contributed by atoms with Gasteiger partial charge in [0.25, 0.3) is 5.91 Å². The maximum absolute atomic E-state index is 13.4. The number of ether oxygens (including phenoxy) is 2. The minimum absolute atomic E-state index is 0.0121. The van der Waals surface area contributed by atoms with E-state index in [0.29, 0.717) is 21.9 Å². The van der Waals surface area contributed by atoms with Gasteiger partial charge in [0.15, 0.2) is 16.8 Å². The monoisotopic (exact) mass is 465 g/mol. The van der Waals surface area contributed by atoms with E-state index >= 15 is 0 Å². The molecule has 1 aliphatic rings. The second kappa shape index (κ2) is 10.2. The average Bonchev–Trinajstić information content (AvgIpc) is 3.08. The number of carbonyl (C=O) groups excluding carboxylic acids is 2. The number of nitrogens with one attached hydrogen (secondary N) is 1. The van der Waals surface area contributed by atoms with E-state index in [9.17, 15) is 18.4 Å². The standard InChI is InChI=1S/C20H14ClF2N3O4S/c1-29-18(27)8-17-19(28)25-20(31-17)26-24-9-12-7-13(21)3-5-16(12)30-10-11-2-4-14(22)15(23)6-11/h2-9H,10H2,1H3,(H,25,26,28)/b17-8+,24-9?. The first-order valence-electron chi connectivity index (χ1n) is 8.62. The Kier molecular flexibility index (Phi) is 7.37. The third-order valence-electron chi connectivity index (χ3n) is 3.80. The molecule has 160 valence electrons. The van der Waals surface area contributed by atoms with E-state index < -0.39 is 23.5 Å². The summed E-state index contributed by atoms with van der Waals surface area (Å²) in [6.07, 6.45) is 2.40. The van der Waals surface area contributed by atoms with Crippen LogP contribution in [0.2, 0.25) is 5.02 Å². The van der Waals surface area contributed by atoms with Crippen molar-refractivity contribution in [3.8, 4) is 5.75 Å². The van der Waals surface area contributed by atoms with Crippen molar-refractivity contribution in [2.75, 3.05) is 7.11 Å². The van der Waals surface area contributed by atoms with E-state index in [1.54, 1.807) is 18.2 Å². The molecule has 1 saturated heterocycles. The predicted octanol–water partition coefficient (Wildman–Crippen LogP) is 3.81. The van der Waals surface area contributed by atoms with Gasteiger partial charge in [-0.1, -0.05) is 17.7 Å². The molecule has 1 amide bonds. The van der Waals surface area contributed by atoms with Crippen molar-refractivity contribution in [2.24, 2.45) is 10.2 Å². The fourth-order valence-corrected chi connectivity index (χ4v) is 3.25. The number of esters is 1. The van der Waals surface area contributed by atoms with Crippen molar-refractivity contribution in [1.82, 2.24) is 5.32 Å². The zero-order valence-electron chi connectivity index (χ0n) is 15.9. The molecule has 0 aromatic heterocycles. The summed E-state index contributed by atoms with van der Waals surface area (Å²) < 4.78 is 36.5. The summed E-state index contributed by atoms with van der Waals surface area (Å²) >= 11 is 6.95. The number of methoxy groups -OCH3 is 1. The van der Waals surface area contributed by atoms with Crippen LogP contribution in [0.1, 0.15) is 11.1 Å². The molecule has 2 aromatic carbocycles. The molecule has 0 spiro atoms. The van der Waals surface area contributed by atoms with Crippen LogP contribution >= 0.6 is 23.4 Å². The van der Waals surface area contributed by atoms with Gasteiger partial charge in [0.05, 0.1) is 18.2 Å². The van der Waals surface area contributed by atoms with E-state index in [4.69, 9.17) is 16.3 Å². The highest BCUT2D eigenvalue weighted by atomic mass is 35.5. The molecule has 1 N–H and O–H groups in total. The van der Waals surface area contributed by atoms with Crippen molar-refractivity contribution in [1.29, 1.82) is 0 Å². The van der Waals surface area contributed by atoms with E-state index in [0.717, 1.165) is 30.0 Å². The third kappa shape index (κ3) is 6.12.